The highest BCUT2D eigenvalue weighted by Crippen LogP contribution is 2.53. The van der Waals surface area contributed by atoms with Crippen LogP contribution in [0, 0.1) is 10.1 Å². The molecule has 4 nitrogen and oxygen atoms in total. The molecule has 0 aliphatic carbocycles. The maximum absolute atomic E-state index is 12.9. The molecular weight excluding hydrogens is 339 g/mol. The first-order chi connectivity index (χ1) is 8.09. The average Bonchev–Trinajstić information content (AvgIpc) is 2.13. The number of nitro groups is 1. The second kappa shape index (κ2) is 5.79. The molecule has 0 aliphatic heterocycles. The van der Waals surface area contributed by atoms with Crippen molar-refractivity contribution < 1.29 is 62.6 Å². The molecular formula is C6H6ClF9N2O2. The van der Waals surface area contributed by atoms with Crippen molar-refractivity contribution in [2.24, 2.45) is 0 Å². The zero-order chi connectivity index (χ0) is 15.9. The number of nitrogens with zero attached hydrogens (tertiary/aromatic N) is 1. The zero-order valence-corrected chi connectivity index (χ0v) is 9.79. The maximum Gasteiger partial charge on any atom is 0.460 e. The number of rotatable bonds is 5. The summed E-state index contributed by atoms with van der Waals surface area (Å²) in [5, 5.41) is 9.81. The van der Waals surface area contributed by atoms with Crippen LogP contribution in [0.4, 0.5) is 39.5 Å². The van der Waals surface area contributed by atoms with Crippen LogP contribution in [0.1, 0.15) is 0 Å². The van der Waals surface area contributed by atoms with E-state index in [9.17, 15) is 49.6 Å². The Labute approximate surface area is 110 Å². The molecule has 0 aromatic carbocycles. The van der Waals surface area contributed by atoms with Gasteiger partial charge in [-0.2, -0.15) is 39.5 Å². The molecule has 0 aromatic heterocycles. The summed E-state index contributed by atoms with van der Waals surface area (Å²) in [4.78, 5) is 8.22. The Morgan fingerprint density at radius 1 is 0.950 bits per heavy atom. The summed E-state index contributed by atoms with van der Waals surface area (Å²) in [5.74, 6) is -20.0. The fourth-order valence-electron chi connectivity index (χ4n) is 0.938. The summed E-state index contributed by atoms with van der Waals surface area (Å²) in [5.41, 5.74) is 2.14. The Kier molecular flexibility index (Phi) is 6.17. The second-order valence-electron chi connectivity index (χ2n) is 3.48. The lowest BCUT2D eigenvalue weighted by Gasteiger charge is -2.33. The van der Waals surface area contributed by atoms with Gasteiger partial charge in [0.2, 0.25) is 6.04 Å². The number of halogens is 10. The average molecular weight is 345 g/mol. The minimum absolute atomic E-state index is 0. The van der Waals surface area contributed by atoms with E-state index in [2.05, 4.69) is 5.73 Å². The quantitative estimate of drug-likeness (QED) is 0.369. The molecule has 1 unspecified atom stereocenters. The normalized spacial score (nSPS) is 15.5. The summed E-state index contributed by atoms with van der Waals surface area (Å²) in [6.45, 7) is -2.00. The molecule has 14 heteroatoms. The van der Waals surface area contributed by atoms with Crippen molar-refractivity contribution in [2.45, 2.75) is 30.0 Å². The van der Waals surface area contributed by atoms with Crippen LogP contribution in [0.2, 0.25) is 0 Å². The largest absolute Gasteiger partial charge is 1.00 e. The third-order valence-corrected chi connectivity index (χ3v) is 2.05. The molecule has 0 saturated heterocycles. The lowest BCUT2D eigenvalue weighted by Crippen LogP contribution is -3.00. The lowest BCUT2D eigenvalue weighted by molar-refractivity contribution is -0.577. The maximum atomic E-state index is 12.9. The van der Waals surface area contributed by atoms with Crippen LogP contribution < -0.4 is 18.1 Å². The van der Waals surface area contributed by atoms with Crippen LogP contribution in [0.3, 0.4) is 0 Å². The second-order valence-corrected chi connectivity index (χ2v) is 3.48. The molecule has 0 radical (unpaired) electrons. The van der Waals surface area contributed by atoms with Crippen molar-refractivity contribution >= 4 is 0 Å². The van der Waals surface area contributed by atoms with Crippen molar-refractivity contribution in [1.82, 2.24) is 0 Å². The number of quaternary nitrogens is 1. The first-order valence-electron chi connectivity index (χ1n) is 4.24. The fraction of sp³-hybridized carbons (Fsp3) is 1.00. The minimum atomic E-state index is -7.06. The van der Waals surface area contributed by atoms with Crippen molar-refractivity contribution in [3.63, 3.8) is 0 Å². The highest BCUT2D eigenvalue weighted by molar-refractivity contribution is 5.02. The van der Waals surface area contributed by atoms with Crippen molar-refractivity contribution in [1.29, 1.82) is 0 Å². The van der Waals surface area contributed by atoms with Gasteiger partial charge in [-0.05, 0) is 0 Å². The van der Waals surface area contributed by atoms with E-state index in [1.54, 1.807) is 0 Å². The van der Waals surface area contributed by atoms with Gasteiger partial charge in [0.15, 0.2) is 0 Å². The lowest BCUT2D eigenvalue weighted by atomic mass is 9.98. The van der Waals surface area contributed by atoms with Crippen LogP contribution in [0.5, 0.6) is 0 Å². The predicted octanol–water partition coefficient (Wildman–Crippen LogP) is -1.65. The molecule has 0 fully saturated rings. The molecule has 0 aliphatic rings. The highest BCUT2D eigenvalue weighted by Gasteiger charge is 2.84. The molecule has 0 rings (SSSR count). The van der Waals surface area contributed by atoms with Crippen LogP contribution >= 0.6 is 0 Å². The van der Waals surface area contributed by atoms with Gasteiger partial charge in [0.05, 0.1) is 0 Å². The van der Waals surface area contributed by atoms with Crippen molar-refractivity contribution in [2.75, 3.05) is 6.54 Å². The summed E-state index contributed by atoms with van der Waals surface area (Å²) in [6, 6.07) is -3.27. The number of alkyl halides is 9. The number of hydrogen-bond donors (Lipinski definition) is 1. The zero-order valence-electron chi connectivity index (χ0n) is 9.03. The third-order valence-electron chi connectivity index (χ3n) is 2.05. The van der Waals surface area contributed by atoms with Crippen LogP contribution in [0.15, 0.2) is 0 Å². The smallest absolute Gasteiger partial charge is 0.460 e. The Morgan fingerprint density at radius 3 is 1.55 bits per heavy atom. The first kappa shape index (κ1) is 21.3. The van der Waals surface area contributed by atoms with Gasteiger partial charge < -0.3 is 18.1 Å². The molecule has 122 valence electrons. The SMILES string of the molecule is [Cl-].[NH3+]C(C[N+](=O)[O-])C(F)(F)C(F)(F)C(F)(F)C(F)(F)F. The molecule has 0 spiro atoms. The van der Waals surface area contributed by atoms with Gasteiger partial charge >= 0.3 is 23.9 Å². The van der Waals surface area contributed by atoms with E-state index in [1.807, 2.05) is 0 Å². The molecule has 1 atom stereocenters. The van der Waals surface area contributed by atoms with Crippen LogP contribution in [0.25, 0.3) is 0 Å². The molecule has 3 N–H and O–H groups in total. The summed E-state index contributed by atoms with van der Waals surface area (Å²) < 4.78 is 111. The molecule has 0 amide bonds. The van der Waals surface area contributed by atoms with E-state index in [0.717, 1.165) is 0 Å². The molecule has 0 aromatic rings. The van der Waals surface area contributed by atoms with E-state index in [-0.39, 0.29) is 12.4 Å². The van der Waals surface area contributed by atoms with Crippen molar-refractivity contribution in [3.8, 4) is 0 Å². The van der Waals surface area contributed by atoms with Crippen molar-refractivity contribution in [3.05, 3.63) is 10.1 Å². The van der Waals surface area contributed by atoms with Crippen LogP contribution in [-0.4, -0.2) is 41.5 Å². The van der Waals surface area contributed by atoms with E-state index in [0.29, 0.717) is 0 Å². The van der Waals surface area contributed by atoms with Gasteiger partial charge in [-0.15, -0.1) is 0 Å². The highest BCUT2D eigenvalue weighted by atomic mass is 35.5. The Morgan fingerprint density at radius 2 is 1.30 bits per heavy atom. The molecule has 0 saturated carbocycles. The van der Waals surface area contributed by atoms with E-state index in [1.165, 1.54) is 0 Å². The Bertz CT molecular complexity index is 359. The van der Waals surface area contributed by atoms with E-state index in [4.69, 9.17) is 0 Å². The topological polar surface area (TPSA) is 70.8 Å². The van der Waals surface area contributed by atoms with Gasteiger partial charge in [0.1, 0.15) is 0 Å². The van der Waals surface area contributed by atoms with Gasteiger partial charge in [0.25, 0.3) is 6.54 Å². The van der Waals surface area contributed by atoms with Gasteiger partial charge in [-0.3, -0.25) is 10.1 Å². The van der Waals surface area contributed by atoms with Gasteiger partial charge in [0, 0.05) is 4.92 Å². The third kappa shape index (κ3) is 3.37. The fourth-order valence-corrected chi connectivity index (χ4v) is 0.938. The van der Waals surface area contributed by atoms with Gasteiger partial charge in [-0.25, -0.2) is 0 Å². The van der Waals surface area contributed by atoms with Crippen LogP contribution in [-0.2, 0) is 0 Å². The number of hydrogen-bond acceptors (Lipinski definition) is 2. The minimum Gasteiger partial charge on any atom is -1.00 e. The standard InChI is InChI=1S/C6H5F9N2O2.ClH/c7-3(8,2(16)1-17(18)19)4(9,10)5(11,12)6(13,14)15;/h2H,1,16H2;1H. The van der Waals surface area contributed by atoms with Gasteiger partial charge in [-0.1, -0.05) is 0 Å². The molecule has 20 heavy (non-hydrogen) atoms. The Balaban J connectivity index is 0. The van der Waals surface area contributed by atoms with E-state index < -0.39 is 41.5 Å². The summed E-state index contributed by atoms with van der Waals surface area (Å²) >= 11 is 0. The Hall–Kier alpha value is -0.980. The first-order valence-corrected chi connectivity index (χ1v) is 4.24. The predicted molar refractivity (Wildman–Crippen MR) is 39.4 cm³/mol. The molecule has 0 heterocycles. The summed E-state index contributed by atoms with van der Waals surface area (Å²) in [7, 11) is 0. The van der Waals surface area contributed by atoms with E-state index >= 15 is 0 Å². The molecule has 0 bridgehead atoms. The summed E-state index contributed by atoms with van der Waals surface area (Å²) in [6.07, 6.45) is -6.95. The monoisotopic (exact) mass is 344 g/mol.